The van der Waals surface area contributed by atoms with Crippen molar-refractivity contribution in [3.05, 3.63) is 30.2 Å². The molecule has 1 unspecified atom stereocenters. The zero-order chi connectivity index (χ0) is 13.0. The molecule has 5 heteroatoms. The molecule has 0 amide bonds. The second-order valence-electron chi connectivity index (χ2n) is 4.22. The Bertz CT molecular complexity index is 493. The molecule has 0 fully saturated rings. The first-order valence-electron chi connectivity index (χ1n) is 6.04. The number of phenols is 1. The number of phenolic OH excluding ortho intramolecular Hbond substituents is 1. The largest absolute Gasteiger partial charge is 0.508 e. The van der Waals surface area contributed by atoms with Gasteiger partial charge in [-0.2, -0.15) is 4.98 Å². The lowest BCUT2D eigenvalue weighted by atomic mass is 10.2. The van der Waals surface area contributed by atoms with Crippen LogP contribution in [0.15, 0.2) is 28.8 Å². The Hall–Kier alpha value is -1.88. The van der Waals surface area contributed by atoms with Gasteiger partial charge in [-0.1, -0.05) is 12.1 Å². The van der Waals surface area contributed by atoms with Gasteiger partial charge in [0.2, 0.25) is 11.7 Å². The van der Waals surface area contributed by atoms with Crippen molar-refractivity contribution < 1.29 is 9.63 Å². The molecule has 5 nitrogen and oxygen atoms in total. The number of benzene rings is 1. The molecule has 2 N–H and O–H groups in total. The summed E-state index contributed by atoms with van der Waals surface area (Å²) in [5, 5.41) is 16.4. The van der Waals surface area contributed by atoms with Crippen molar-refractivity contribution in [2.75, 3.05) is 6.54 Å². The van der Waals surface area contributed by atoms with Gasteiger partial charge in [-0.3, -0.25) is 0 Å². The minimum Gasteiger partial charge on any atom is -0.508 e. The van der Waals surface area contributed by atoms with Crippen LogP contribution in [0.5, 0.6) is 5.75 Å². The molecular weight excluding hydrogens is 230 g/mol. The minimum absolute atomic E-state index is 0.225. The highest BCUT2D eigenvalue weighted by molar-refractivity contribution is 5.55. The zero-order valence-electron chi connectivity index (χ0n) is 10.6. The maximum atomic E-state index is 9.21. The molecule has 0 aliphatic heterocycles. The zero-order valence-corrected chi connectivity index (χ0v) is 10.6. The van der Waals surface area contributed by atoms with Crippen LogP contribution in [-0.2, 0) is 6.42 Å². The van der Waals surface area contributed by atoms with Crippen molar-refractivity contribution in [3.8, 4) is 17.1 Å². The first-order valence-corrected chi connectivity index (χ1v) is 6.04. The Labute approximate surface area is 106 Å². The summed E-state index contributed by atoms with van der Waals surface area (Å²) in [6, 6.07) is 7.04. The number of nitrogens with zero attached hydrogens (tertiary/aromatic N) is 2. The third-order valence-corrected chi connectivity index (χ3v) is 2.63. The molecule has 0 aliphatic carbocycles. The minimum atomic E-state index is 0.225. The number of likely N-dealkylation sites (N-methyl/N-ethyl adjacent to an activating group) is 1. The van der Waals surface area contributed by atoms with Crippen LogP contribution in [0.25, 0.3) is 11.4 Å². The molecular formula is C13H17N3O2. The number of rotatable bonds is 5. The lowest BCUT2D eigenvalue weighted by Crippen LogP contribution is -2.27. The van der Waals surface area contributed by atoms with Crippen molar-refractivity contribution in [2.45, 2.75) is 26.3 Å². The van der Waals surface area contributed by atoms with Gasteiger partial charge < -0.3 is 14.9 Å². The van der Waals surface area contributed by atoms with Crippen molar-refractivity contribution in [2.24, 2.45) is 0 Å². The highest BCUT2D eigenvalue weighted by Gasteiger charge is 2.11. The summed E-state index contributed by atoms with van der Waals surface area (Å²) in [6.45, 7) is 5.06. The summed E-state index contributed by atoms with van der Waals surface area (Å²) in [6.07, 6.45) is 0.707. The molecule has 0 aliphatic rings. The molecule has 1 heterocycles. The molecule has 0 saturated carbocycles. The van der Waals surface area contributed by atoms with Gasteiger partial charge in [0.25, 0.3) is 0 Å². The van der Waals surface area contributed by atoms with Crippen LogP contribution >= 0.6 is 0 Å². The third-order valence-electron chi connectivity index (χ3n) is 2.63. The maximum absolute atomic E-state index is 9.21. The quantitative estimate of drug-likeness (QED) is 0.845. The lowest BCUT2D eigenvalue weighted by Gasteiger charge is -2.07. The molecule has 0 bridgehead atoms. The summed E-state index contributed by atoms with van der Waals surface area (Å²) < 4.78 is 5.20. The molecule has 1 aromatic carbocycles. The SMILES string of the molecule is CCNC(C)Cc1nc(-c2ccc(O)cc2)no1. The number of aromatic hydroxyl groups is 1. The lowest BCUT2D eigenvalue weighted by molar-refractivity contribution is 0.363. The molecule has 1 atom stereocenters. The number of hydrogen-bond donors (Lipinski definition) is 2. The number of hydrogen-bond acceptors (Lipinski definition) is 5. The number of aromatic nitrogens is 2. The van der Waals surface area contributed by atoms with Crippen molar-refractivity contribution in [1.29, 1.82) is 0 Å². The van der Waals surface area contributed by atoms with Gasteiger partial charge in [-0.15, -0.1) is 0 Å². The van der Waals surface area contributed by atoms with Gasteiger partial charge in [0.1, 0.15) is 5.75 Å². The van der Waals surface area contributed by atoms with E-state index in [1.807, 2.05) is 0 Å². The smallest absolute Gasteiger partial charge is 0.228 e. The molecule has 96 valence electrons. The van der Waals surface area contributed by atoms with Crippen LogP contribution in [0, 0.1) is 0 Å². The summed E-state index contributed by atoms with van der Waals surface area (Å²) in [4.78, 5) is 4.33. The highest BCUT2D eigenvalue weighted by Crippen LogP contribution is 2.19. The van der Waals surface area contributed by atoms with Gasteiger partial charge in [-0.05, 0) is 37.7 Å². The Kier molecular flexibility index (Phi) is 3.94. The van der Waals surface area contributed by atoms with Crippen molar-refractivity contribution >= 4 is 0 Å². The Morgan fingerprint density at radius 3 is 2.72 bits per heavy atom. The monoisotopic (exact) mass is 247 g/mol. The van der Waals surface area contributed by atoms with Crippen LogP contribution in [0.1, 0.15) is 19.7 Å². The molecule has 2 aromatic rings. The third kappa shape index (κ3) is 3.07. The van der Waals surface area contributed by atoms with E-state index < -0.39 is 0 Å². The van der Waals surface area contributed by atoms with Crippen LogP contribution in [0.2, 0.25) is 0 Å². The standard InChI is InChI=1S/C13H17N3O2/c1-3-14-9(2)8-12-15-13(16-18-12)10-4-6-11(17)7-5-10/h4-7,9,14,17H,3,8H2,1-2H3. The van der Waals surface area contributed by atoms with Crippen molar-refractivity contribution in [1.82, 2.24) is 15.5 Å². The first kappa shape index (κ1) is 12.6. The fourth-order valence-electron chi connectivity index (χ4n) is 1.75. The average Bonchev–Trinajstić information content (AvgIpc) is 2.78. The molecule has 2 rings (SSSR count). The Morgan fingerprint density at radius 2 is 2.06 bits per heavy atom. The fourth-order valence-corrected chi connectivity index (χ4v) is 1.75. The van der Waals surface area contributed by atoms with Gasteiger partial charge >= 0.3 is 0 Å². The maximum Gasteiger partial charge on any atom is 0.228 e. The fraction of sp³-hybridized carbons (Fsp3) is 0.385. The Morgan fingerprint density at radius 1 is 1.33 bits per heavy atom. The topological polar surface area (TPSA) is 71.2 Å². The first-order chi connectivity index (χ1) is 8.69. The summed E-state index contributed by atoms with van der Waals surface area (Å²) >= 11 is 0. The second kappa shape index (κ2) is 5.64. The van der Waals surface area contributed by atoms with Gasteiger partial charge in [0, 0.05) is 18.0 Å². The summed E-state index contributed by atoms with van der Waals surface area (Å²) in [5.74, 6) is 1.39. The molecule has 1 aromatic heterocycles. The van der Waals surface area contributed by atoms with E-state index >= 15 is 0 Å². The van der Waals surface area contributed by atoms with Crippen LogP contribution in [-0.4, -0.2) is 27.8 Å². The van der Waals surface area contributed by atoms with Crippen LogP contribution in [0.3, 0.4) is 0 Å². The van der Waals surface area contributed by atoms with Gasteiger partial charge in [-0.25, -0.2) is 0 Å². The predicted molar refractivity (Wildman–Crippen MR) is 68.2 cm³/mol. The van der Waals surface area contributed by atoms with E-state index in [2.05, 4.69) is 29.3 Å². The van der Waals surface area contributed by atoms with Crippen LogP contribution < -0.4 is 5.32 Å². The predicted octanol–water partition coefficient (Wildman–Crippen LogP) is 1.98. The van der Waals surface area contributed by atoms with Crippen molar-refractivity contribution in [3.63, 3.8) is 0 Å². The Balaban J connectivity index is 2.08. The summed E-state index contributed by atoms with van der Waals surface area (Å²) in [7, 11) is 0. The van der Waals surface area contributed by atoms with E-state index in [0.29, 0.717) is 24.2 Å². The van der Waals surface area contributed by atoms with E-state index in [-0.39, 0.29) is 5.75 Å². The van der Waals surface area contributed by atoms with E-state index in [1.54, 1.807) is 24.3 Å². The molecule has 0 radical (unpaired) electrons. The molecule has 0 spiro atoms. The number of nitrogens with one attached hydrogen (secondary N) is 1. The normalized spacial score (nSPS) is 12.6. The second-order valence-corrected chi connectivity index (χ2v) is 4.22. The van der Waals surface area contributed by atoms with Gasteiger partial charge in [0.05, 0.1) is 0 Å². The molecule has 0 saturated heterocycles. The van der Waals surface area contributed by atoms with E-state index in [0.717, 1.165) is 12.1 Å². The molecule has 18 heavy (non-hydrogen) atoms. The average molecular weight is 247 g/mol. The van der Waals surface area contributed by atoms with E-state index in [9.17, 15) is 5.11 Å². The van der Waals surface area contributed by atoms with Crippen LogP contribution in [0.4, 0.5) is 0 Å². The summed E-state index contributed by atoms with van der Waals surface area (Å²) in [5.41, 5.74) is 0.832. The van der Waals surface area contributed by atoms with E-state index in [1.165, 1.54) is 0 Å². The van der Waals surface area contributed by atoms with E-state index in [4.69, 9.17) is 4.52 Å². The highest BCUT2D eigenvalue weighted by atomic mass is 16.5. The van der Waals surface area contributed by atoms with Gasteiger partial charge in [0.15, 0.2) is 0 Å².